The van der Waals surface area contributed by atoms with Crippen molar-refractivity contribution in [1.82, 2.24) is 19.6 Å². The molecule has 2 aliphatic rings. The Kier molecular flexibility index (Phi) is 7.24. The maximum atomic E-state index is 5.97. The zero-order chi connectivity index (χ0) is 20.9. The van der Waals surface area contributed by atoms with Crippen molar-refractivity contribution in [1.29, 1.82) is 0 Å². The summed E-state index contributed by atoms with van der Waals surface area (Å²) in [7, 11) is 2.04. The maximum absolute atomic E-state index is 5.97. The van der Waals surface area contributed by atoms with Gasteiger partial charge in [-0.1, -0.05) is 24.3 Å². The normalized spacial score (nSPS) is 21.0. The van der Waals surface area contributed by atoms with Crippen molar-refractivity contribution >= 4 is 0 Å². The van der Waals surface area contributed by atoms with Crippen molar-refractivity contribution in [3.63, 3.8) is 0 Å². The molecule has 5 nitrogen and oxygen atoms in total. The number of nitrogens with zero attached hydrogens (tertiary/aromatic N) is 4. The zero-order valence-electron chi connectivity index (χ0n) is 19.0. The Labute approximate surface area is 182 Å². The first-order chi connectivity index (χ1) is 14.6. The summed E-state index contributed by atoms with van der Waals surface area (Å²) in [5.74, 6) is 0.775. The zero-order valence-corrected chi connectivity index (χ0v) is 19.0. The third-order valence-electron chi connectivity index (χ3n) is 7.10. The summed E-state index contributed by atoms with van der Waals surface area (Å²) in [6.07, 6.45) is 7.45. The largest absolute Gasteiger partial charge is 0.377 e. The fourth-order valence-corrected chi connectivity index (χ4v) is 4.94. The second-order valence-electron chi connectivity index (χ2n) is 9.35. The topological polar surface area (TPSA) is 33.5 Å². The Morgan fingerprint density at radius 1 is 1.07 bits per heavy atom. The van der Waals surface area contributed by atoms with Crippen LogP contribution in [0.2, 0.25) is 0 Å². The van der Waals surface area contributed by atoms with E-state index < -0.39 is 0 Å². The molecule has 0 spiro atoms. The van der Waals surface area contributed by atoms with Crippen molar-refractivity contribution in [3.05, 3.63) is 52.8 Å². The van der Waals surface area contributed by atoms with Crippen LogP contribution in [0.25, 0.3) is 0 Å². The molecular weight excluding hydrogens is 372 g/mol. The van der Waals surface area contributed by atoms with E-state index in [-0.39, 0.29) is 0 Å². The summed E-state index contributed by atoms with van der Waals surface area (Å²) in [5, 5.41) is 4.46. The average molecular weight is 411 g/mol. The number of aryl methyl sites for hydroxylation is 2. The molecule has 4 rings (SSSR count). The second-order valence-corrected chi connectivity index (χ2v) is 9.35. The van der Waals surface area contributed by atoms with Crippen LogP contribution in [0.15, 0.2) is 30.5 Å². The summed E-state index contributed by atoms with van der Waals surface area (Å²) in [5.41, 5.74) is 5.52. The number of hydrogen-bond acceptors (Lipinski definition) is 4. The highest BCUT2D eigenvalue weighted by atomic mass is 16.5. The summed E-state index contributed by atoms with van der Waals surface area (Å²) >= 11 is 0. The van der Waals surface area contributed by atoms with E-state index in [1.165, 1.54) is 67.7 Å². The van der Waals surface area contributed by atoms with E-state index in [9.17, 15) is 0 Å². The lowest BCUT2D eigenvalue weighted by atomic mass is 9.95. The van der Waals surface area contributed by atoms with Gasteiger partial charge in [-0.05, 0) is 69.7 Å². The third-order valence-corrected chi connectivity index (χ3v) is 7.10. The number of likely N-dealkylation sites (tertiary alicyclic amines) is 1. The third kappa shape index (κ3) is 5.51. The minimum Gasteiger partial charge on any atom is -0.377 e. The first kappa shape index (κ1) is 21.5. The quantitative estimate of drug-likeness (QED) is 0.660. The van der Waals surface area contributed by atoms with E-state index in [4.69, 9.17) is 4.74 Å². The first-order valence-electron chi connectivity index (χ1n) is 11.7. The van der Waals surface area contributed by atoms with Gasteiger partial charge >= 0.3 is 0 Å². The molecule has 0 aliphatic carbocycles. The number of ether oxygens (including phenoxy) is 1. The highest BCUT2D eigenvalue weighted by Crippen LogP contribution is 2.24. The number of rotatable bonds is 8. The van der Waals surface area contributed by atoms with Crippen LogP contribution >= 0.6 is 0 Å². The highest BCUT2D eigenvalue weighted by molar-refractivity contribution is 5.25. The Balaban J connectivity index is 1.32. The molecule has 2 fully saturated rings. The molecular formula is C25H38N4O. The van der Waals surface area contributed by atoms with Gasteiger partial charge in [0.1, 0.15) is 0 Å². The molecule has 0 saturated carbocycles. The minimum absolute atomic E-state index is 0.406. The van der Waals surface area contributed by atoms with E-state index in [1.807, 2.05) is 17.9 Å². The summed E-state index contributed by atoms with van der Waals surface area (Å²) in [6, 6.07) is 8.81. The van der Waals surface area contributed by atoms with Crippen LogP contribution in [-0.2, 0) is 24.9 Å². The van der Waals surface area contributed by atoms with Gasteiger partial charge in [-0.15, -0.1) is 0 Å². The summed E-state index contributed by atoms with van der Waals surface area (Å²) in [6.45, 7) is 12.1. The lowest BCUT2D eigenvalue weighted by Gasteiger charge is -2.35. The molecule has 0 bridgehead atoms. The standard InChI is InChI=1S/C25H38N4O/c1-20-7-4-5-8-23(20)17-28-12-10-22(11-13-28)16-29(19-25-9-6-14-30-25)18-24-15-26-27(3)21(24)2/h4-5,7-8,15,22,25H,6,9-14,16-19H2,1-3H3. The fraction of sp³-hybridized carbons (Fsp3) is 0.640. The van der Waals surface area contributed by atoms with E-state index in [0.29, 0.717) is 6.10 Å². The summed E-state index contributed by atoms with van der Waals surface area (Å²) < 4.78 is 7.96. The van der Waals surface area contributed by atoms with Crippen molar-refractivity contribution in [2.24, 2.45) is 13.0 Å². The molecule has 5 heteroatoms. The molecule has 30 heavy (non-hydrogen) atoms. The molecule has 1 aromatic carbocycles. The predicted molar refractivity (Wildman–Crippen MR) is 121 cm³/mol. The number of benzene rings is 1. The van der Waals surface area contributed by atoms with Crippen molar-refractivity contribution in [2.75, 3.05) is 32.8 Å². The van der Waals surface area contributed by atoms with Crippen LogP contribution in [0, 0.1) is 19.8 Å². The van der Waals surface area contributed by atoms with Crippen molar-refractivity contribution < 1.29 is 4.74 Å². The first-order valence-corrected chi connectivity index (χ1v) is 11.7. The smallest absolute Gasteiger partial charge is 0.0702 e. The lowest BCUT2D eigenvalue weighted by molar-refractivity contribution is 0.0569. The number of piperidine rings is 1. The van der Waals surface area contributed by atoms with Gasteiger partial charge in [0.2, 0.25) is 0 Å². The van der Waals surface area contributed by atoms with E-state index in [1.54, 1.807) is 0 Å². The van der Waals surface area contributed by atoms with Gasteiger partial charge in [0.05, 0.1) is 12.3 Å². The van der Waals surface area contributed by atoms with Crippen LogP contribution in [0.5, 0.6) is 0 Å². The Morgan fingerprint density at radius 2 is 1.87 bits per heavy atom. The van der Waals surface area contributed by atoms with Gasteiger partial charge in [0.25, 0.3) is 0 Å². The molecule has 3 heterocycles. The van der Waals surface area contributed by atoms with Crippen LogP contribution < -0.4 is 0 Å². The van der Waals surface area contributed by atoms with Gasteiger partial charge < -0.3 is 4.74 Å². The molecule has 0 radical (unpaired) electrons. The molecule has 2 aromatic rings. The molecule has 0 N–H and O–H groups in total. The van der Waals surface area contributed by atoms with Crippen LogP contribution in [0.3, 0.4) is 0 Å². The van der Waals surface area contributed by atoms with Crippen LogP contribution in [0.4, 0.5) is 0 Å². The predicted octanol–water partition coefficient (Wildman–Crippen LogP) is 3.93. The number of hydrogen-bond donors (Lipinski definition) is 0. The Bertz CT molecular complexity index is 803. The molecule has 2 saturated heterocycles. The van der Waals surface area contributed by atoms with Gasteiger partial charge in [0, 0.05) is 51.1 Å². The molecule has 1 aromatic heterocycles. The second kappa shape index (κ2) is 10.1. The maximum Gasteiger partial charge on any atom is 0.0702 e. The van der Waals surface area contributed by atoms with Crippen LogP contribution in [-0.4, -0.2) is 58.5 Å². The average Bonchev–Trinajstić information content (AvgIpc) is 3.36. The van der Waals surface area contributed by atoms with Crippen molar-refractivity contribution in [2.45, 2.75) is 58.7 Å². The van der Waals surface area contributed by atoms with E-state index in [0.717, 1.165) is 32.2 Å². The number of aromatic nitrogens is 2. The SMILES string of the molecule is Cc1ccccc1CN1CCC(CN(Cc2cnn(C)c2C)CC2CCCO2)CC1. The highest BCUT2D eigenvalue weighted by Gasteiger charge is 2.25. The van der Waals surface area contributed by atoms with Gasteiger partial charge in [0.15, 0.2) is 0 Å². The molecule has 1 unspecified atom stereocenters. The summed E-state index contributed by atoms with van der Waals surface area (Å²) in [4.78, 5) is 5.27. The monoisotopic (exact) mass is 410 g/mol. The molecule has 1 atom stereocenters. The van der Waals surface area contributed by atoms with E-state index in [2.05, 4.69) is 53.0 Å². The van der Waals surface area contributed by atoms with Gasteiger partial charge in [-0.3, -0.25) is 14.5 Å². The molecule has 2 aliphatic heterocycles. The molecule has 0 amide bonds. The minimum atomic E-state index is 0.406. The lowest BCUT2D eigenvalue weighted by Crippen LogP contribution is -2.40. The van der Waals surface area contributed by atoms with Crippen molar-refractivity contribution in [3.8, 4) is 0 Å². The Hall–Kier alpha value is -1.69. The molecule has 164 valence electrons. The van der Waals surface area contributed by atoms with Gasteiger partial charge in [-0.25, -0.2) is 0 Å². The fourth-order valence-electron chi connectivity index (χ4n) is 4.94. The van der Waals surface area contributed by atoms with Crippen LogP contribution in [0.1, 0.15) is 48.1 Å². The van der Waals surface area contributed by atoms with E-state index >= 15 is 0 Å². The van der Waals surface area contributed by atoms with Gasteiger partial charge in [-0.2, -0.15) is 5.10 Å². The Morgan fingerprint density at radius 3 is 2.53 bits per heavy atom.